The van der Waals surface area contributed by atoms with Gasteiger partial charge >= 0.3 is 11.9 Å². The molecule has 0 saturated heterocycles. The average molecular weight is 697 g/mol. The van der Waals surface area contributed by atoms with Crippen LogP contribution in [0.25, 0.3) is 0 Å². The fraction of sp³-hybridized carbons (Fsp3) is 0.907. The van der Waals surface area contributed by atoms with Gasteiger partial charge in [-0.1, -0.05) is 181 Å². The molecule has 0 bridgehead atoms. The van der Waals surface area contributed by atoms with Crippen LogP contribution < -0.4 is 0 Å². The molecule has 0 aliphatic heterocycles. The predicted molar refractivity (Wildman–Crippen MR) is 209 cm³/mol. The molecule has 0 aromatic carbocycles. The van der Waals surface area contributed by atoms with E-state index in [-0.39, 0.29) is 25.2 Å². The Bertz CT molecular complexity index is 679. The Morgan fingerprint density at radius 1 is 0.469 bits per heavy atom. The number of carbonyl (C=O) groups excluding carboxylic acids is 2. The van der Waals surface area contributed by atoms with Crippen LogP contribution >= 0.6 is 0 Å². The lowest BCUT2D eigenvalue weighted by atomic mass is 10.0. The van der Waals surface area contributed by atoms with Crippen molar-refractivity contribution in [3.05, 3.63) is 12.2 Å². The van der Waals surface area contributed by atoms with Crippen molar-refractivity contribution in [3.63, 3.8) is 0 Å². The third kappa shape index (κ3) is 46.6. The summed E-state index contributed by atoms with van der Waals surface area (Å²) in [6.07, 6.45) is 43.2. The molecule has 0 saturated carbocycles. The summed E-state index contributed by atoms with van der Waals surface area (Å²) < 4.78 is 10.0. The lowest BCUT2D eigenvalue weighted by molar-refractivity contribution is -0.147. The van der Waals surface area contributed by atoms with Gasteiger partial charge in [0.25, 0.3) is 0 Å². The van der Waals surface area contributed by atoms with E-state index in [4.69, 9.17) is 19.7 Å². The Balaban J connectivity index is 0. The quantitative estimate of drug-likeness (QED) is 0.0381. The zero-order chi connectivity index (χ0) is 36.3. The number of aliphatic hydroxyl groups is 2. The summed E-state index contributed by atoms with van der Waals surface area (Å²) in [6.45, 7) is 6.77. The molecular formula is C43H84O6. The fourth-order valence-electron chi connectivity index (χ4n) is 5.70. The minimum absolute atomic E-state index is 0.00172. The number of hydrogen-bond acceptors (Lipinski definition) is 6. The van der Waals surface area contributed by atoms with Gasteiger partial charge in [-0.3, -0.25) is 9.59 Å². The molecule has 49 heavy (non-hydrogen) atoms. The summed E-state index contributed by atoms with van der Waals surface area (Å²) in [5.74, 6) is -0.289. The minimum Gasteiger partial charge on any atom is -0.466 e. The molecule has 292 valence electrons. The molecule has 1 unspecified atom stereocenters. The summed E-state index contributed by atoms with van der Waals surface area (Å²) >= 11 is 0. The number of unbranched alkanes of at least 4 members (excludes halogenated alkanes) is 26. The number of esters is 2. The van der Waals surface area contributed by atoms with Gasteiger partial charge in [-0.05, 0) is 44.9 Å². The van der Waals surface area contributed by atoms with Crippen LogP contribution in [-0.2, 0) is 19.1 Å². The smallest absolute Gasteiger partial charge is 0.305 e. The molecule has 0 amide bonds. The summed E-state index contributed by atoms with van der Waals surface area (Å²) in [4.78, 5) is 22.8. The number of allylic oxidation sites excluding steroid dienone is 2. The second-order valence-electron chi connectivity index (χ2n) is 14.1. The van der Waals surface area contributed by atoms with Crippen molar-refractivity contribution >= 4 is 11.9 Å². The van der Waals surface area contributed by atoms with Gasteiger partial charge in [-0.25, -0.2) is 0 Å². The predicted octanol–water partition coefficient (Wildman–Crippen LogP) is 12.5. The van der Waals surface area contributed by atoms with E-state index < -0.39 is 6.10 Å². The highest BCUT2D eigenvalue weighted by molar-refractivity contribution is 5.69. The largest absolute Gasteiger partial charge is 0.466 e. The monoisotopic (exact) mass is 697 g/mol. The number of aliphatic hydroxyl groups excluding tert-OH is 2. The molecule has 0 heterocycles. The van der Waals surface area contributed by atoms with Crippen LogP contribution in [0, 0.1) is 0 Å². The fourth-order valence-corrected chi connectivity index (χ4v) is 5.70. The molecule has 0 spiro atoms. The summed E-state index contributed by atoms with van der Waals surface area (Å²) in [5, 5.41) is 17.7. The van der Waals surface area contributed by atoms with Gasteiger partial charge in [0.1, 0.15) is 12.7 Å². The third-order valence-electron chi connectivity index (χ3n) is 9.04. The maximum atomic E-state index is 11.4. The second kappa shape index (κ2) is 44.6. The summed E-state index contributed by atoms with van der Waals surface area (Å²) in [5.41, 5.74) is 0. The molecule has 6 heteroatoms. The van der Waals surface area contributed by atoms with Crippen LogP contribution in [-0.4, -0.2) is 48.1 Å². The number of carbonyl (C=O) groups is 2. The highest BCUT2D eigenvalue weighted by Crippen LogP contribution is 2.14. The van der Waals surface area contributed by atoms with Gasteiger partial charge in [0, 0.05) is 12.8 Å². The van der Waals surface area contributed by atoms with Crippen molar-refractivity contribution in [3.8, 4) is 0 Å². The van der Waals surface area contributed by atoms with Crippen molar-refractivity contribution < 1.29 is 29.3 Å². The Morgan fingerprint density at radius 3 is 1.16 bits per heavy atom. The zero-order valence-corrected chi connectivity index (χ0v) is 33.0. The molecule has 0 aromatic heterocycles. The summed E-state index contributed by atoms with van der Waals surface area (Å²) in [7, 11) is 0. The van der Waals surface area contributed by atoms with Gasteiger partial charge in [0.15, 0.2) is 0 Å². The molecule has 0 aromatic rings. The molecule has 0 aliphatic carbocycles. The molecule has 0 radical (unpaired) electrons. The first-order valence-electron chi connectivity index (χ1n) is 21.3. The second-order valence-corrected chi connectivity index (χ2v) is 14.1. The van der Waals surface area contributed by atoms with Gasteiger partial charge in [-0.2, -0.15) is 0 Å². The molecule has 0 rings (SSSR count). The van der Waals surface area contributed by atoms with E-state index in [1.807, 2.05) is 0 Å². The molecule has 0 fully saturated rings. The van der Waals surface area contributed by atoms with E-state index in [9.17, 15) is 9.59 Å². The van der Waals surface area contributed by atoms with Crippen molar-refractivity contribution in [2.75, 3.05) is 19.8 Å². The lowest BCUT2D eigenvalue weighted by Crippen LogP contribution is -2.21. The van der Waals surface area contributed by atoms with Crippen molar-refractivity contribution in [2.45, 2.75) is 232 Å². The Kier molecular flexibility index (Phi) is 45.3. The molecule has 2 N–H and O–H groups in total. The zero-order valence-electron chi connectivity index (χ0n) is 33.0. The normalized spacial score (nSPS) is 11.8. The van der Waals surface area contributed by atoms with Crippen molar-refractivity contribution in [2.24, 2.45) is 0 Å². The van der Waals surface area contributed by atoms with E-state index in [2.05, 4.69) is 32.9 Å². The maximum absolute atomic E-state index is 11.4. The van der Waals surface area contributed by atoms with Gasteiger partial charge in [0.05, 0.1) is 13.2 Å². The van der Waals surface area contributed by atoms with Crippen molar-refractivity contribution in [1.29, 1.82) is 0 Å². The van der Waals surface area contributed by atoms with Crippen LogP contribution in [0.4, 0.5) is 0 Å². The number of ether oxygens (including phenoxy) is 2. The van der Waals surface area contributed by atoms with Crippen LogP contribution in [0.2, 0.25) is 0 Å². The average Bonchev–Trinajstić information content (AvgIpc) is 3.10. The molecular weight excluding hydrogens is 612 g/mol. The highest BCUT2D eigenvalue weighted by atomic mass is 16.5. The van der Waals surface area contributed by atoms with E-state index in [1.54, 1.807) is 0 Å². The van der Waals surface area contributed by atoms with Gasteiger partial charge in [0.2, 0.25) is 0 Å². The van der Waals surface area contributed by atoms with Gasteiger partial charge < -0.3 is 19.7 Å². The van der Waals surface area contributed by atoms with E-state index in [0.717, 1.165) is 44.9 Å². The standard InChI is InChI=1S/C22H44O2.C21H40O4/c1-3-5-7-8-9-10-11-12-13-14-15-16-17-18-19-20-22(23)24-21-6-4-2;1-2-3-4-5-6-7-8-9-10-11-12-13-14-15-16-17-21(24)25-19-20(23)18-22/h3-21H2,1-2H3;9-10,20,22-23H,2-8,11-19H2,1H3/b;10-9-. The van der Waals surface area contributed by atoms with E-state index in [0.29, 0.717) is 19.4 Å². The van der Waals surface area contributed by atoms with E-state index >= 15 is 0 Å². The van der Waals surface area contributed by atoms with Crippen molar-refractivity contribution in [1.82, 2.24) is 0 Å². The highest BCUT2D eigenvalue weighted by Gasteiger charge is 2.07. The summed E-state index contributed by atoms with van der Waals surface area (Å²) in [6, 6.07) is 0. The third-order valence-corrected chi connectivity index (χ3v) is 9.04. The van der Waals surface area contributed by atoms with Crippen LogP contribution in [0.1, 0.15) is 226 Å². The molecule has 6 nitrogen and oxygen atoms in total. The minimum atomic E-state index is -0.960. The molecule has 0 aliphatic rings. The number of rotatable bonds is 37. The lowest BCUT2D eigenvalue weighted by Gasteiger charge is -2.08. The SMILES string of the molecule is CCCCCCCC/C=C\CCCCCCCC(=O)OCC(O)CO.CCCCCCCCCCCCCCCCCC(=O)OCCCC. The maximum Gasteiger partial charge on any atom is 0.305 e. The first-order chi connectivity index (χ1) is 24.0. The van der Waals surface area contributed by atoms with Gasteiger partial charge in [-0.15, -0.1) is 0 Å². The van der Waals surface area contributed by atoms with E-state index in [1.165, 1.54) is 148 Å². The Labute approximate surface area is 305 Å². The van der Waals surface area contributed by atoms with Crippen LogP contribution in [0.5, 0.6) is 0 Å². The van der Waals surface area contributed by atoms with Crippen LogP contribution in [0.3, 0.4) is 0 Å². The first kappa shape index (κ1) is 49.7. The van der Waals surface area contributed by atoms with Crippen LogP contribution in [0.15, 0.2) is 12.2 Å². The Hall–Kier alpha value is -1.40. The topological polar surface area (TPSA) is 93.1 Å². The molecule has 1 atom stereocenters. The first-order valence-corrected chi connectivity index (χ1v) is 21.3. The Morgan fingerprint density at radius 2 is 0.796 bits per heavy atom. The number of hydrogen-bond donors (Lipinski definition) is 2.